The van der Waals surface area contributed by atoms with Gasteiger partial charge >= 0.3 is 0 Å². The molecule has 1 fully saturated rings. The lowest BCUT2D eigenvalue weighted by Gasteiger charge is -2.31. The van der Waals surface area contributed by atoms with Crippen LogP contribution in [0.5, 0.6) is 5.75 Å². The van der Waals surface area contributed by atoms with Crippen LogP contribution in [0.4, 0.5) is 0 Å². The van der Waals surface area contributed by atoms with E-state index in [1.165, 1.54) is 19.3 Å². The van der Waals surface area contributed by atoms with E-state index in [0.717, 1.165) is 34.5 Å². The second kappa shape index (κ2) is 6.76. The van der Waals surface area contributed by atoms with E-state index in [1.54, 1.807) is 7.11 Å². The summed E-state index contributed by atoms with van der Waals surface area (Å²) in [5, 5.41) is 10.6. The molecule has 1 atom stereocenters. The van der Waals surface area contributed by atoms with Gasteiger partial charge in [-0.3, -0.25) is 0 Å². The van der Waals surface area contributed by atoms with Gasteiger partial charge in [0.2, 0.25) is 0 Å². The van der Waals surface area contributed by atoms with Crippen molar-refractivity contribution in [3.63, 3.8) is 0 Å². The molecule has 1 unspecified atom stereocenters. The topological polar surface area (TPSA) is 29.5 Å². The molecule has 0 radical (unpaired) electrons. The van der Waals surface area contributed by atoms with Gasteiger partial charge in [0.1, 0.15) is 5.75 Å². The Balaban J connectivity index is 2.09. The zero-order valence-electron chi connectivity index (χ0n) is 11.7. The molecular weight excluding hydrogens is 304 g/mol. The van der Waals surface area contributed by atoms with E-state index in [-0.39, 0.29) is 0 Å². The highest BCUT2D eigenvalue weighted by Gasteiger charge is 2.28. The van der Waals surface area contributed by atoms with Crippen LogP contribution in [0, 0.1) is 11.8 Å². The van der Waals surface area contributed by atoms with Gasteiger partial charge in [-0.05, 0) is 36.8 Å². The first-order chi connectivity index (χ1) is 9.15. The summed E-state index contributed by atoms with van der Waals surface area (Å²) < 4.78 is 6.37. The van der Waals surface area contributed by atoms with E-state index in [1.807, 2.05) is 18.2 Å². The van der Waals surface area contributed by atoms with Gasteiger partial charge in [-0.15, -0.1) is 0 Å². The lowest BCUT2D eigenvalue weighted by Crippen LogP contribution is -2.20. The van der Waals surface area contributed by atoms with Crippen molar-refractivity contribution in [3.05, 3.63) is 28.2 Å². The quantitative estimate of drug-likeness (QED) is 0.868. The number of aliphatic hydroxyl groups is 1. The molecule has 1 aliphatic rings. The summed E-state index contributed by atoms with van der Waals surface area (Å²) in [7, 11) is 1.66. The molecule has 1 aliphatic carbocycles. The number of rotatable bonds is 4. The normalized spacial score (nSPS) is 25.1. The smallest absolute Gasteiger partial charge is 0.125 e. The molecule has 1 saturated carbocycles. The van der Waals surface area contributed by atoms with Gasteiger partial charge in [0.25, 0.3) is 0 Å². The highest BCUT2D eigenvalue weighted by molar-refractivity contribution is 9.10. The fraction of sp³-hybridized carbons (Fsp3) is 0.625. The molecule has 0 saturated heterocycles. The number of methoxy groups -OCH3 is 1. The number of hydrogen-bond acceptors (Lipinski definition) is 2. The summed E-state index contributed by atoms with van der Waals surface area (Å²) >= 11 is 3.44. The SMILES string of the molecule is CCC1CCC(C(O)c2ccc(Br)cc2OC)CC1. The predicted molar refractivity (Wildman–Crippen MR) is 81.4 cm³/mol. The van der Waals surface area contributed by atoms with Gasteiger partial charge in [0.05, 0.1) is 13.2 Å². The molecule has 106 valence electrons. The molecule has 0 spiro atoms. The van der Waals surface area contributed by atoms with Crippen molar-refractivity contribution in [2.24, 2.45) is 11.8 Å². The summed E-state index contributed by atoms with van der Waals surface area (Å²) in [5.74, 6) is 2.01. The number of hydrogen-bond donors (Lipinski definition) is 1. The molecule has 0 amide bonds. The third-order valence-electron chi connectivity index (χ3n) is 4.43. The van der Waals surface area contributed by atoms with Gasteiger partial charge in [-0.1, -0.05) is 48.2 Å². The average molecular weight is 327 g/mol. The Labute approximate surface area is 124 Å². The maximum Gasteiger partial charge on any atom is 0.125 e. The fourth-order valence-electron chi connectivity index (χ4n) is 3.10. The summed E-state index contributed by atoms with van der Waals surface area (Å²) in [5.41, 5.74) is 0.922. The first-order valence-electron chi connectivity index (χ1n) is 7.17. The van der Waals surface area contributed by atoms with Crippen LogP contribution in [0.25, 0.3) is 0 Å². The zero-order valence-corrected chi connectivity index (χ0v) is 13.3. The Hall–Kier alpha value is -0.540. The van der Waals surface area contributed by atoms with Crippen LogP contribution in [-0.2, 0) is 0 Å². The second-order valence-corrected chi connectivity index (χ2v) is 6.44. The second-order valence-electron chi connectivity index (χ2n) is 5.52. The van der Waals surface area contributed by atoms with Crippen molar-refractivity contribution in [1.29, 1.82) is 0 Å². The van der Waals surface area contributed by atoms with E-state index in [9.17, 15) is 5.11 Å². The van der Waals surface area contributed by atoms with Gasteiger partial charge in [-0.25, -0.2) is 0 Å². The monoisotopic (exact) mass is 326 g/mol. The van der Waals surface area contributed by atoms with Crippen LogP contribution >= 0.6 is 15.9 Å². The van der Waals surface area contributed by atoms with E-state index < -0.39 is 6.10 Å². The van der Waals surface area contributed by atoms with Crippen molar-refractivity contribution in [2.45, 2.75) is 45.1 Å². The summed E-state index contributed by atoms with van der Waals surface area (Å²) in [6.07, 6.45) is 5.61. The van der Waals surface area contributed by atoms with Crippen molar-refractivity contribution < 1.29 is 9.84 Å². The molecule has 0 heterocycles. The summed E-state index contributed by atoms with van der Waals surface area (Å²) in [4.78, 5) is 0. The zero-order chi connectivity index (χ0) is 13.8. The average Bonchev–Trinajstić information content (AvgIpc) is 2.46. The number of halogens is 1. The van der Waals surface area contributed by atoms with Crippen LogP contribution in [0.1, 0.15) is 50.7 Å². The first-order valence-corrected chi connectivity index (χ1v) is 7.96. The molecule has 1 aromatic carbocycles. The van der Waals surface area contributed by atoms with Crippen molar-refractivity contribution in [2.75, 3.05) is 7.11 Å². The first kappa shape index (κ1) is 14.9. The Bertz CT molecular complexity index is 411. The Kier molecular flexibility index (Phi) is 5.28. The lowest BCUT2D eigenvalue weighted by molar-refractivity contribution is 0.0708. The highest BCUT2D eigenvalue weighted by atomic mass is 79.9. The third kappa shape index (κ3) is 3.51. The maximum atomic E-state index is 10.6. The van der Waals surface area contributed by atoms with Crippen LogP contribution in [0.15, 0.2) is 22.7 Å². The molecule has 19 heavy (non-hydrogen) atoms. The minimum Gasteiger partial charge on any atom is -0.496 e. The van der Waals surface area contributed by atoms with Gasteiger partial charge < -0.3 is 9.84 Å². The molecule has 0 bridgehead atoms. The fourth-order valence-corrected chi connectivity index (χ4v) is 3.44. The lowest BCUT2D eigenvalue weighted by atomic mass is 9.77. The number of ether oxygens (including phenoxy) is 1. The molecule has 2 nitrogen and oxygen atoms in total. The maximum absolute atomic E-state index is 10.6. The minimum absolute atomic E-state index is 0.373. The Morgan fingerprint density at radius 2 is 2.00 bits per heavy atom. The molecule has 3 heteroatoms. The van der Waals surface area contributed by atoms with Crippen molar-refractivity contribution in [1.82, 2.24) is 0 Å². The Morgan fingerprint density at radius 1 is 1.32 bits per heavy atom. The van der Waals surface area contributed by atoms with Crippen molar-refractivity contribution >= 4 is 15.9 Å². The number of aliphatic hydroxyl groups excluding tert-OH is 1. The molecule has 0 aromatic heterocycles. The molecule has 1 N–H and O–H groups in total. The largest absolute Gasteiger partial charge is 0.496 e. The molecule has 2 rings (SSSR count). The molecular formula is C16H23BrO2. The predicted octanol–water partition coefficient (Wildman–Crippen LogP) is 4.71. The highest BCUT2D eigenvalue weighted by Crippen LogP contribution is 2.40. The third-order valence-corrected chi connectivity index (χ3v) is 4.92. The Morgan fingerprint density at radius 3 is 2.58 bits per heavy atom. The molecule has 1 aromatic rings. The van der Waals surface area contributed by atoms with E-state index in [2.05, 4.69) is 22.9 Å². The van der Waals surface area contributed by atoms with Crippen LogP contribution in [0.3, 0.4) is 0 Å². The summed E-state index contributed by atoms with van der Waals surface area (Å²) in [6, 6.07) is 5.87. The van der Waals surface area contributed by atoms with Crippen LogP contribution in [-0.4, -0.2) is 12.2 Å². The van der Waals surface area contributed by atoms with E-state index in [0.29, 0.717) is 5.92 Å². The summed E-state index contributed by atoms with van der Waals surface area (Å²) in [6.45, 7) is 2.26. The number of benzene rings is 1. The van der Waals surface area contributed by atoms with E-state index >= 15 is 0 Å². The van der Waals surface area contributed by atoms with Crippen LogP contribution in [0.2, 0.25) is 0 Å². The van der Waals surface area contributed by atoms with Gasteiger partial charge in [0.15, 0.2) is 0 Å². The minimum atomic E-state index is -0.402. The van der Waals surface area contributed by atoms with Crippen LogP contribution < -0.4 is 4.74 Å². The standard InChI is InChI=1S/C16H23BrO2/c1-3-11-4-6-12(7-5-11)16(18)14-9-8-13(17)10-15(14)19-2/h8-12,16,18H,3-7H2,1-2H3. The molecule has 0 aliphatic heterocycles. The van der Waals surface area contributed by atoms with Gasteiger partial charge in [0, 0.05) is 10.0 Å². The van der Waals surface area contributed by atoms with E-state index in [4.69, 9.17) is 4.74 Å². The van der Waals surface area contributed by atoms with Gasteiger partial charge in [-0.2, -0.15) is 0 Å². The van der Waals surface area contributed by atoms with Crippen molar-refractivity contribution in [3.8, 4) is 5.75 Å².